The number of carboxylic acid groups (broad SMARTS) is 1. The highest BCUT2D eigenvalue weighted by atomic mass is 16.4. The molecule has 1 amide bonds. The molecule has 0 aromatic carbocycles. The SMILES string of the molecule is CN(CC(=O)O)C(=O)[C@H]1CCCCN1. The van der Waals surface area contributed by atoms with Gasteiger partial charge >= 0.3 is 5.97 Å². The Morgan fingerprint density at radius 3 is 2.71 bits per heavy atom. The molecule has 1 aliphatic heterocycles. The minimum Gasteiger partial charge on any atom is -0.480 e. The molecule has 1 saturated heterocycles. The second kappa shape index (κ2) is 4.95. The molecular formula is C9H16N2O3. The molecule has 80 valence electrons. The number of likely N-dealkylation sites (N-methyl/N-ethyl adjacent to an activating group) is 1. The fraction of sp³-hybridized carbons (Fsp3) is 0.778. The van der Waals surface area contributed by atoms with Gasteiger partial charge < -0.3 is 15.3 Å². The van der Waals surface area contributed by atoms with Crippen molar-refractivity contribution in [3.05, 3.63) is 0 Å². The first-order chi connectivity index (χ1) is 6.61. The smallest absolute Gasteiger partial charge is 0.323 e. The van der Waals surface area contributed by atoms with Gasteiger partial charge in [0, 0.05) is 7.05 Å². The largest absolute Gasteiger partial charge is 0.480 e. The molecule has 14 heavy (non-hydrogen) atoms. The standard InChI is InChI=1S/C9H16N2O3/c1-11(6-8(12)13)9(14)7-4-2-3-5-10-7/h7,10H,2-6H2,1H3,(H,12,13)/t7-/m1/s1. The number of carbonyl (C=O) groups is 2. The van der Waals surface area contributed by atoms with Crippen molar-refractivity contribution in [2.45, 2.75) is 25.3 Å². The Balaban J connectivity index is 2.42. The number of aliphatic carboxylic acids is 1. The first-order valence-electron chi connectivity index (χ1n) is 4.81. The molecular weight excluding hydrogens is 184 g/mol. The number of piperidine rings is 1. The Labute approximate surface area is 83.1 Å². The van der Waals surface area contributed by atoms with Crippen LogP contribution in [0.4, 0.5) is 0 Å². The molecule has 2 N–H and O–H groups in total. The maximum atomic E-state index is 11.6. The minimum absolute atomic E-state index is 0.118. The van der Waals surface area contributed by atoms with E-state index in [2.05, 4.69) is 5.32 Å². The summed E-state index contributed by atoms with van der Waals surface area (Å²) in [5.41, 5.74) is 0. The summed E-state index contributed by atoms with van der Waals surface area (Å²) >= 11 is 0. The number of amides is 1. The van der Waals surface area contributed by atoms with E-state index < -0.39 is 5.97 Å². The molecule has 0 spiro atoms. The maximum absolute atomic E-state index is 11.6. The van der Waals surface area contributed by atoms with Gasteiger partial charge in [0.05, 0.1) is 6.04 Å². The Morgan fingerprint density at radius 1 is 1.50 bits per heavy atom. The normalized spacial score (nSPS) is 21.6. The van der Waals surface area contributed by atoms with Crippen LogP contribution >= 0.6 is 0 Å². The van der Waals surface area contributed by atoms with Gasteiger partial charge in [-0.3, -0.25) is 9.59 Å². The molecule has 0 bridgehead atoms. The summed E-state index contributed by atoms with van der Waals surface area (Å²) in [4.78, 5) is 23.3. The summed E-state index contributed by atoms with van der Waals surface area (Å²) in [5, 5.41) is 11.6. The van der Waals surface area contributed by atoms with Crippen LogP contribution in [0.5, 0.6) is 0 Å². The predicted molar refractivity (Wildman–Crippen MR) is 50.9 cm³/mol. The molecule has 1 heterocycles. The number of hydrogen-bond acceptors (Lipinski definition) is 3. The van der Waals surface area contributed by atoms with Gasteiger partial charge in [-0.05, 0) is 19.4 Å². The second-order valence-corrected chi connectivity index (χ2v) is 3.59. The van der Waals surface area contributed by atoms with Gasteiger partial charge in [0.25, 0.3) is 0 Å². The number of hydrogen-bond donors (Lipinski definition) is 2. The average Bonchev–Trinajstić information content (AvgIpc) is 2.17. The van der Waals surface area contributed by atoms with Crippen LogP contribution in [0.25, 0.3) is 0 Å². The van der Waals surface area contributed by atoms with Crippen molar-refractivity contribution in [2.75, 3.05) is 20.1 Å². The number of rotatable bonds is 3. The van der Waals surface area contributed by atoms with Crippen LogP contribution in [-0.4, -0.2) is 48.1 Å². The van der Waals surface area contributed by atoms with Crippen LogP contribution in [0.1, 0.15) is 19.3 Å². The zero-order chi connectivity index (χ0) is 10.6. The molecule has 0 aliphatic carbocycles. The topological polar surface area (TPSA) is 69.6 Å². The molecule has 1 fully saturated rings. The van der Waals surface area contributed by atoms with Crippen LogP contribution in [0.3, 0.4) is 0 Å². The van der Waals surface area contributed by atoms with E-state index in [9.17, 15) is 9.59 Å². The van der Waals surface area contributed by atoms with E-state index >= 15 is 0 Å². The van der Waals surface area contributed by atoms with E-state index in [1.165, 1.54) is 11.9 Å². The third-order valence-corrected chi connectivity index (χ3v) is 2.36. The Morgan fingerprint density at radius 2 is 2.21 bits per heavy atom. The molecule has 1 aliphatic rings. The van der Waals surface area contributed by atoms with Crippen molar-refractivity contribution in [1.82, 2.24) is 10.2 Å². The summed E-state index contributed by atoms with van der Waals surface area (Å²) in [6, 6.07) is -0.187. The quantitative estimate of drug-likeness (QED) is 0.654. The Kier molecular flexibility index (Phi) is 3.88. The van der Waals surface area contributed by atoms with E-state index in [1.54, 1.807) is 0 Å². The van der Waals surface area contributed by atoms with E-state index in [-0.39, 0.29) is 18.5 Å². The monoisotopic (exact) mass is 200 g/mol. The van der Waals surface area contributed by atoms with Crippen LogP contribution < -0.4 is 5.32 Å². The van der Waals surface area contributed by atoms with Gasteiger partial charge in [-0.2, -0.15) is 0 Å². The highest BCUT2D eigenvalue weighted by Gasteiger charge is 2.24. The van der Waals surface area contributed by atoms with E-state index in [4.69, 9.17) is 5.11 Å². The average molecular weight is 200 g/mol. The maximum Gasteiger partial charge on any atom is 0.323 e. The highest BCUT2D eigenvalue weighted by molar-refractivity contribution is 5.85. The Hall–Kier alpha value is -1.10. The lowest BCUT2D eigenvalue weighted by atomic mass is 10.0. The van der Waals surface area contributed by atoms with Crippen molar-refractivity contribution < 1.29 is 14.7 Å². The summed E-state index contributed by atoms with van der Waals surface area (Å²) in [6.07, 6.45) is 2.93. The summed E-state index contributed by atoms with van der Waals surface area (Å²) in [5.74, 6) is -1.09. The summed E-state index contributed by atoms with van der Waals surface area (Å²) < 4.78 is 0. The van der Waals surface area contributed by atoms with Crippen LogP contribution in [0, 0.1) is 0 Å². The molecule has 0 unspecified atom stereocenters. The predicted octanol–water partition coefficient (Wildman–Crippen LogP) is -0.328. The lowest BCUT2D eigenvalue weighted by molar-refractivity contribution is -0.144. The third kappa shape index (κ3) is 2.99. The van der Waals surface area contributed by atoms with Gasteiger partial charge in [0.2, 0.25) is 5.91 Å². The molecule has 1 atom stereocenters. The third-order valence-electron chi connectivity index (χ3n) is 2.36. The number of nitrogens with one attached hydrogen (secondary N) is 1. The van der Waals surface area contributed by atoms with Gasteiger partial charge in [-0.25, -0.2) is 0 Å². The van der Waals surface area contributed by atoms with Crippen molar-refractivity contribution in [1.29, 1.82) is 0 Å². The van der Waals surface area contributed by atoms with Crippen LogP contribution in [0.15, 0.2) is 0 Å². The molecule has 0 radical (unpaired) electrons. The first kappa shape index (κ1) is 11.0. The van der Waals surface area contributed by atoms with Gasteiger partial charge in [-0.15, -0.1) is 0 Å². The van der Waals surface area contributed by atoms with Gasteiger partial charge in [0.15, 0.2) is 0 Å². The zero-order valence-corrected chi connectivity index (χ0v) is 8.32. The van der Waals surface area contributed by atoms with Crippen molar-refractivity contribution in [3.8, 4) is 0 Å². The fourth-order valence-corrected chi connectivity index (χ4v) is 1.61. The van der Waals surface area contributed by atoms with Crippen LogP contribution in [0.2, 0.25) is 0 Å². The second-order valence-electron chi connectivity index (χ2n) is 3.59. The summed E-state index contributed by atoms with van der Waals surface area (Å²) in [7, 11) is 1.52. The highest BCUT2D eigenvalue weighted by Crippen LogP contribution is 2.08. The first-order valence-corrected chi connectivity index (χ1v) is 4.81. The molecule has 5 heteroatoms. The number of nitrogens with zero attached hydrogens (tertiary/aromatic N) is 1. The van der Waals surface area contributed by atoms with Gasteiger partial charge in [0.1, 0.15) is 6.54 Å². The molecule has 1 rings (SSSR count). The molecule has 5 nitrogen and oxygen atoms in total. The lowest BCUT2D eigenvalue weighted by Gasteiger charge is -2.26. The van der Waals surface area contributed by atoms with Crippen molar-refractivity contribution >= 4 is 11.9 Å². The molecule has 0 aromatic heterocycles. The van der Waals surface area contributed by atoms with Crippen molar-refractivity contribution in [3.63, 3.8) is 0 Å². The zero-order valence-electron chi connectivity index (χ0n) is 8.32. The van der Waals surface area contributed by atoms with Crippen molar-refractivity contribution in [2.24, 2.45) is 0 Å². The minimum atomic E-state index is -0.975. The van der Waals surface area contributed by atoms with E-state index in [1.807, 2.05) is 0 Å². The lowest BCUT2D eigenvalue weighted by Crippen LogP contribution is -2.48. The Bertz CT molecular complexity index is 224. The number of carboxylic acids is 1. The molecule has 0 saturated carbocycles. The molecule has 0 aromatic rings. The van der Waals surface area contributed by atoms with Crippen LogP contribution in [-0.2, 0) is 9.59 Å². The fourth-order valence-electron chi connectivity index (χ4n) is 1.61. The number of carbonyl (C=O) groups excluding carboxylic acids is 1. The van der Waals surface area contributed by atoms with Gasteiger partial charge in [-0.1, -0.05) is 6.42 Å². The van der Waals surface area contributed by atoms with E-state index in [0.717, 1.165) is 25.8 Å². The van der Waals surface area contributed by atoms with E-state index in [0.29, 0.717) is 0 Å². The summed E-state index contributed by atoms with van der Waals surface area (Å²) in [6.45, 7) is 0.619.